The smallest absolute Gasteiger partial charge is 0.316 e. The van der Waals surface area contributed by atoms with E-state index in [4.69, 9.17) is 4.74 Å². The average Bonchev–Trinajstić information content (AvgIpc) is 3.09. The predicted octanol–water partition coefficient (Wildman–Crippen LogP) is 4.00. The van der Waals surface area contributed by atoms with Gasteiger partial charge in [0.2, 0.25) is 0 Å². The Morgan fingerprint density at radius 2 is 2.24 bits per heavy atom. The van der Waals surface area contributed by atoms with Gasteiger partial charge in [0.25, 0.3) is 5.69 Å². The molecule has 2 aromatic heterocycles. The van der Waals surface area contributed by atoms with Gasteiger partial charge in [0.05, 0.1) is 10.7 Å². The number of non-ortho nitro benzene ring substituents is 1. The van der Waals surface area contributed by atoms with Gasteiger partial charge in [-0.15, -0.1) is 11.3 Å². The van der Waals surface area contributed by atoms with E-state index in [1.165, 1.54) is 41.6 Å². The molecule has 128 valence electrons. The van der Waals surface area contributed by atoms with Gasteiger partial charge < -0.3 is 4.74 Å². The Kier molecular flexibility index (Phi) is 5.25. The van der Waals surface area contributed by atoms with Gasteiger partial charge in [0.15, 0.2) is 0 Å². The van der Waals surface area contributed by atoms with Gasteiger partial charge in [0, 0.05) is 17.5 Å². The van der Waals surface area contributed by atoms with Gasteiger partial charge in [-0.1, -0.05) is 23.9 Å². The number of ether oxygens (including phenoxy) is 1. The Labute approximate surface area is 151 Å². The number of carbonyl (C=O) groups is 1. The Hall–Kier alpha value is -2.52. The number of thiophene rings is 1. The zero-order valence-corrected chi connectivity index (χ0v) is 14.8. The predicted molar refractivity (Wildman–Crippen MR) is 95.7 cm³/mol. The lowest BCUT2D eigenvalue weighted by molar-refractivity contribution is -0.385. The summed E-state index contributed by atoms with van der Waals surface area (Å²) in [6, 6.07) is 7.98. The maximum absolute atomic E-state index is 12.1. The van der Waals surface area contributed by atoms with E-state index in [2.05, 4.69) is 9.97 Å². The van der Waals surface area contributed by atoms with Crippen LogP contribution in [0.5, 0.6) is 0 Å². The largest absolute Gasteiger partial charge is 0.457 e. The number of nitrogens with zero attached hydrogens (tertiary/aromatic N) is 3. The number of thioether (sulfide) groups is 1. The minimum Gasteiger partial charge on any atom is -0.457 e. The molecule has 0 aliphatic heterocycles. The van der Waals surface area contributed by atoms with Gasteiger partial charge in [0.1, 0.15) is 22.3 Å². The van der Waals surface area contributed by atoms with E-state index in [9.17, 15) is 14.9 Å². The van der Waals surface area contributed by atoms with Crippen molar-refractivity contribution < 1.29 is 14.5 Å². The van der Waals surface area contributed by atoms with Crippen molar-refractivity contribution in [2.75, 3.05) is 5.75 Å². The topological polar surface area (TPSA) is 95.2 Å². The molecule has 25 heavy (non-hydrogen) atoms. The lowest BCUT2D eigenvalue weighted by atomic mass is 10.1. The van der Waals surface area contributed by atoms with Crippen molar-refractivity contribution in [3.05, 3.63) is 57.7 Å². The van der Waals surface area contributed by atoms with E-state index in [0.717, 1.165) is 15.2 Å². The number of esters is 1. The van der Waals surface area contributed by atoms with E-state index in [-0.39, 0.29) is 11.4 Å². The number of hydrogen-bond donors (Lipinski definition) is 0. The second kappa shape index (κ2) is 7.58. The SMILES string of the molecule is C[C@@H](OC(=O)CSc1ncnc2sccc12)c1cccc([N+](=O)[O-])c1. The number of hydrogen-bond acceptors (Lipinski definition) is 8. The molecule has 0 spiro atoms. The fourth-order valence-corrected chi connectivity index (χ4v) is 3.76. The minimum atomic E-state index is -0.570. The first-order valence-corrected chi connectivity index (χ1v) is 9.16. The summed E-state index contributed by atoms with van der Waals surface area (Å²) in [4.78, 5) is 31.7. The third-order valence-corrected chi connectivity index (χ3v) is 5.21. The highest BCUT2D eigenvalue weighted by Crippen LogP contribution is 2.28. The van der Waals surface area contributed by atoms with Gasteiger partial charge in [-0.2, -0.15) is 0 Å². The highest BCUT2D eigenvalue weighted by atomic mass is 32.2. The van der Waals surface area contributed by atoms with Crippen molar-refractivity contribution in [3.8, 4) is 0 Å². The first-order chi connectivity index (χ1) is 12.0. The van der Waals surface area contributed by atoms with Crippen LogP contribution in [0.2, 0.25) is 0 Å². The number of benzene rings is 1. The van der Waals surface area contributed by atoms with Crippen molar-refractivity contribution in [2.45, 2.75) is 18.1 Å². The second-order valence-electron chi connectivity index (χ2n) is 5.09. The summed E-state index contributed by atoms with van der Waals surface area (Å²) in [6.07, 6.45) is 0.901. The summed E-state index contributed by atoms with van der Waals surface area (Å²) >= 11 is 2.79. The quantitative estimate of drug-likeness (QED) is 0.211. The molecule has 2 heterocycles. The van der Waals surface area contributed by atoms with Crippen LogP contribution in [0.1, 0.15) is 18.6 Å². The van der Waals surface area contributed by atoms with Crippen LogP contribution >= 0.6 is 23.1 Å². The van der Waals surface area contributed by atoms with Crippen LogP contribution in [-0.4, -0.2) is 26.6 Å². The lowest BCUT2D eigenvalue weighted by Gasteiger charge is -2.13. The average molecular weight is 375 g/mol. The lowest BCUT2D eigenvalue weighted by Crippen LogP contribution is -2.11. The molecular formula is C16H13N3O4S2. The number of aromatic nitrogens is 2. The van der Waals surface area contributed by atoms with Crippen molar-refractivity contribution in [2.24, 2.45) is 0 Å². The second-order valence-corrected chi connectivity index (χ2v) is 6.95. The molecule has 7 nitrogen and oxygen atoms in total. The van der Waals surface area contributed by atoms with E-state index < -0.39 is 17.0 Å². The molecule has 0 N–H and O–H groups in total. The molecule has 0 amide bonds. The van der Waals surface area contributed by atoms with Gasteiger partial charge in [-0.25, -0.2) is 9.97 Å². The molecule has 0 aliphatic carbocycles. The molecule has 3 aromatic rings. The zero-order valence-electron chi connectivity index (χ0n) is 13.1. The zero-order chi connectivity index (χ0) is 17.8. The summed E-state index contributed by atoms with van der Waals surface area (Å²) < 4.78 is 5.36. The summed E-state index contributed by atoms with van der Waals surface area (Å²) in [5, 5.41) is 14.4. The first-order valence-electron chi connectivity index (χ1n) is 7.29. The molecule has 0 unspecified atom stereocenters. The van der Waals surface area contributed by atoms with Crippen molar-refractivity contribution in [1.82, 2.24) is 9.97 Å². The Morgan fingerprint density at radius 3 is 3.04 bits per heavy atom. The van der Waals surface area contributed by atoms with Crippen LogP contribution in [0.4, 0.5) is 5.69 Å². The molecular weight excluding hydrogens is 362 g/mol. The fraction of sp³-hybridized carbons (Fsp3) is 0.188. The number of nitro groups is 1. The molecule has 1 aromatic carbocycles. The summed E-state index contributed by atoms with van der Waals surface area (Å²) in [7, 11) is 0. The van der Waals surface area contributed by atoms with E-state index >= 15 is 0 Å². The number of nitro benzene ring substituents is 1. The molecule has 0 fully saturated rings. The third kappa shape index (κ3) is 4.12. The Bertz CT molecular complexity index is 928. The minimum absolute atomic E-state index is 0.0318. The standard InChI is InChI=1S/C16H13N3O4S2/c1-10(11-3-2-4-12(7-11)19(21)22)23-14(20)8-25-16-13-5-6-24-15(13)17-9-18-16/h2-7,9-10H,8H2,1H3/t10-/m1/s1. The number of carbonyl (C=O) groups excluding carboxylic acids is 1. The normalized spacial score (nSPS) is 12.0. The van der Waals surface area contributed by atoms with Crippen LogP contribution in [0.15, 0.2) is 47.1 Å². The van der Waals surface area contributed by atoms with Gasteiger partial charge in [-0.05, 0) is 23.9 Å². The van der Waals surface area contributed by atoms with E-state index in [0.29, 0.717) is 5.56 Å². The highest BCUT2D eigenvalue weighted by Gasteiger charge is 2.16. The maximum atomic E-state index is 12.1. The first kappa shape index (κ1) is 17.3. The van der Waals surface area contributed by atoms with Crippen LogP contribution in [0, 0.1) is 10.1 Å². The molecule has 9 heteroatoms. The van der Waals surface area contributed by atoms with Crippen molar-refractivity contribution in [3.63, 3.8) is 0 Å². The maximum Gasteiger partial charge on any atom is 0.316 e. The van der Waals surface area contributed by atoms with E-state index in [1.807, 2.05) is 11.4 Å². The molecule has 0 bridgehead atoms. The highest BCUT2D eigenvalue weighted by molar-refractivity contribution is 8.00. The van der Waals surface area contributed by atoms with Crippen LogP contribution in [-0.2, 0) is 9.53 Å². The molecule has 0 saturated heterocycles. The van der Waals surface area contributed by atoms with E-state index in [1.54, 1.807) is 19.1 Å². The van der Waals surface area contributed by atoms with Gasteiger partial charge >= 0.3 is 5.97 Å². The van der Waals surface area contributed by atoms with Crippen LogP contribution in [0.25, 0.3) is 10.2 Å². The Balaban J connectivity index is 1.61. The summed E-state index contributed by atoms with van der Waals surface area (Å²) in [5.41, 5.74) is 0.547. The molecule has 0 saturated carbocycles. The van der Waals surface area contributed by atoms with Gasteiger partial charge in [-0.3, -0.25) is 14.9 Å². The Morgan fingerprint density at radius 1 is 1.40 bits per heavy atom. The van der Waals surface area contributed by atoms with Crippen molar-refractivity contribution >= 4 is 45.0 Å². The fourth-order valence-electron chi connectivity index (χ4n) is 2.20. The number of fused-ring (bicyclic) bond motifs is 1. The molecule has 1 atom stereocenters. The molecule has 3 rings (SSSR count). The molecule has 0 radical (unpaired) electrons. The monoisotopic (exact) mass is 375 g/mol. The summed E-state index contributed by atoms with van der Waals surface area (Å²) in [6.45, 7) is 1.68. The molecule has 0 aliphatic rings. The number of rotatable bonds is 6. The van der Waals surface area contributed by atoms with Crippen LogP contribution < -0.4 is 0 Å². The van der Waals surface area contributed by atoms with Crippen molar-refractivity contribution in [1.29, 1.82) is 0 Å². The summed E-state index contributed by atoms with van der Waals surface area (Å²) in [5.74, 6) is -0.313. The van der Waals surface area contributed by atoms with Crippen LogP contribution in [0.3, 0.4) is 0 Å². The third-order valence-electron chi connectivity index (χ3n) is 3.41.